The molecule has 1 aliphatic heterocycles. The number of nitro benzene ring substituents is 1. The second-order valence-corrected chi connectivity index (χ2v) is 9.63. The Hall–Kier alpha value is -3.92. The first-order chi connectivity index (χ1) is 18.7. The number of aliphatic hydroxyl groups is 1. The van der Waals surface area contributed by atoms with Gasteiger partial charge in [-0.1, -0.05) is 32.8 Å². The van der Waals surface area contributed by atoms with Gasteiger partial charge in [-0.25, -0.2) is 0 Å². The fraction of sp³-hybridized carbons (Fsp3) is 0.448. The number of aromatic hydroxyl groups is 1. The van der Waals surface area contributed by atoms with Crippen molar-refractivity contribution in [1.82, 2.24) is 9.80 Å². The number of carbonyl (C=O) groups excluding carboxylic acids is 2. The molecule has 1 atom stereocenters. The average Bonchev–Trinajstić information content (AvgIpc) is 3.19. The Bertz CT molecular complexity index is 1200. The molecule has 2 aromatic rings. The van der Waals surface area contributed by atoms with E-state index in [0.717, 1.165) is 45.3 Å². The van der Waals surface area contributed by atoms with Gasteiger partial charge in [0, 0.05) is 24.2 Å². The molecular weight excluding hydrogens is 502 g/mol. The van der Waals surface area contributed by atoms with Gasteiger partial charge in [-0.2, -0.15) is 0 Å². The quantitative estimate of drug-likeness (QED) is 0.112. The zero-order valence-electron chi connectivity index (χ0n) is 22.8. The van der Waals surface area contributed by atoms with Gasteiger partial charge in [0.1, 0.15) is 5.76 Å². The van der Waals surface area contributed by atoms with E-state index in [4.69, 9.17) is 4.74 Å². The van der Waals surface area contributed by atoms with Crippen LogP contribution in [0.15, 0.2) is 48.0 Å². The van der Waals surface area contributed by atoms with Crippen LogP contribution in [0.5, 0.6) is 11.5 Å². The highest BCUT2D eigenvalue weighted by atomic mass is 16.6. The van der Waals surface area contributed by atoms with Crippen molar-refractivity contribution in [3.8, 4) is 11.5 Å². The number of nitrogens with zero attached hydrogens (tertiary/aromatic N) is 3. The van der Waals surface area contributed by atoms with E-state index in [1.54, 1.807) is 6.07 Å². The number of ether oxygens (including phenoxy) is 1. The van der Waals surface area contributed by atoms with Crippen LogP contribution in [-0.2, 0) is 9.59 Å². The third kappa shape index (κ3) is 6.94. The van der Waals surface area contributed by atoms with Gasteiger partial charge in [-0.05, 0) is 68.7 Å². The molecule has 1 amide bonds. The first-order valence-corrected chi connectivity index (χ1v) is 13.4. The summed E-state index contributed by atoms with van der Waals surface area (Å²) in [6.45, 7) is 7.27. The first-order valence-electron chi connectivity index (χ1n) is 13.4. The van der Waals surface area contributed by atoms with Gasteiger partial charge in [-0.3, -0.25) is 19.7 Å². The number of benzene rings is 2. The lowest BCUT2D eigenvalue weighted by Crippen LogP contribution is -2.34. The number of likely N-dealkylation sites (tertiary alicyclic amines) is 1. The van der Waals surface area contributed by atoms with Crippen molar-refractivity contribution >= 4 is 23.1 Å². The minimum absolute atomic E-state index is 0.101. The third-order valence-electron chi connectivity index (χ3n) is 6.94. The van der Waals surface area contributed by atoms with Crippen LogP contribution in [0, 0.1) is 10.1 Å². The lowest BCUT2D eigenvalue weighted by molar-refractivity contribution is -0.384. The summed E-state index contributed by atoms with van der Waals surface area (Å²) < 4.78 is 5.25. The minimum atomic E-state index is -0.922. The highest BCUT2D eigenvalue weighted by Crippen LogP contribution is 2.42. The molecule has 10 heteroatoms. The second kappa shape index (κ2) is 13.7. The number of hydrogen-bond acceptors (Lipinski definition) is 8. The number of unbranched alkanes of at least 4 members (excludes halogenated alkanes) is 2. The molecule has 210 valence electrons. The van der Waals surface area contributed by atoms with E-state index < -0.39 is 28.4 Å². The van der Waals surface area contributed by atoms with Gasteiger partial charge in [0.05, 0.1) is 23.6 Å². The van der Waals surface area contributed by atoms with Crippen LogP contribution in [0.3, 0.4) is 0 Å². The topological polar surface area (TPSA) is 133 Å². The Morgan fingerprint density at radius 2 is 1.64 bits per heavy atom. The van der Waals surface area contributed by atoms with Crippen molar-refractivity contribution < 1.29 is 29.5 Å². The lowest BCUT2D eigenvalue weighted by Gasteiger charge is -2.27. The highest BCUT2D eigenvalue weighted by molar-refractivity contribution is 6.46. The summed E-state index contributed by atoms with van der Waals surface area (Å²) in [5.74, 6) is -1.93. The Balaban J connectivity index is 1.98. The molecule has 10 nitrogen and oxygen atoms in total. The summed E-state index contributed by atoms with van der Waals surface area (Å²) in [4.78, 5) is 40.9. The predicted octanol–water partition coefficient (Wildman–Crippen LogP) is 5.02. The number of phenols is 1. The number of Topliss-reactive ketones (excluding diaryl/α,β-unsaturated/α-hetero) is 1. The number of methoxy groups -OCH3 is 1. The Kier molecular flexibility index (Phi) is 10.4. The number of carbonyl (C=O) groups is 2. The van der Waals surface area contributed by atoms with Gasteiger partial charge < -0.3 is 24.7 Å². The summed E-state index contributed by atoms with van der Waals surface area (Å²) in [6.07, 6.45) is 4.96. The molecule has 39 heavy (non-hydrogen) atoms. The number of rotatable bonds is 14. The molecule has 3 rings (SSSR count). The van der Waals surface area contributed by atoms with Crippen molar-refractivity contribution in [1.29, 1.82) is 0 Å². The molecule has 1 aliphatic rings. The summed E-state index contributed by atoms with van der Waals surface area (Å²) in [6, 6.07) is 8.75. The van der Waals surface area contributed by atoms with Crippen LogP contribution >= 0.6 is 0 Å². The summed E-state index contributed by atoms with van der Waals surface area (Å²) in [5, 5.41) is 32.4. The number of non-ortho nitro benzene ring substituents is 1. The van der Waals surface area contributed by atoms with Crippen molar-refractivity contribution in [2.75, 3.05) is 33.3 Å². The highest BCUT2D eigenvalue weighted by Gasteiger charge is 2.46. The molecule has 0 saturated carbocycles. The predicted molar refractivity (Wildman–Crippen MR) is 148 cm³/mol. The second-order valence-electron chi connectivity index (χ2n) is 9.63. The van der Waals surface area contributed by atoms with Gasteiger partial charge in [0.2, 0.25) is 0 Å². The van der Waals surface area contributed by atoms with Gasteiger partial charge in [0.15, 0.2) is 11.5 Å². The average molecular weight is 540 g/mol. The minimum Gasteiger partial charge on any atom is -0.507 e. The van der Waals surface area contributed by atoms with E-state index in [1.165, 1.54) is 48.4 Å². The first kappa shape index (κ1) is 29.6. The molecular formula is C29H37N3O7. The van der Waals surface area contributed by atoms with Gasteiger partial charge >= 0.3 is 0 Å². The molecule has 0 aromatic heterocycles. The molecule has 1 fully saturated rings. The Morgan fingerprint density at radius 1 is 1.03 bits per heavy atom. The number of aliphatic hydroxyl groups excluding tert-OH is 1. The molecule has 2 N–H and O–H groups in total. The van der Waals surface area contributed by atoms with Gasteiger partial charge in [-0.15, -0.1) is 0 Å². The smallest absolute Gasteiger partial charge is 0.295 e. The summed E-state index contributed by atoms with van der Waals surface area (Å²) in [7, 11) is 1.40. The maximum atomic E-state index is 13.3. The third-order valence-corrected chi connectivity index (χ3v) is 6.94. The van der Waals surface area contributed by atoms with Crippen LogP contribution in [-0.4, -0.2) is 69.9 Å². The molecule has 1 saturated heterocycles. The zero-order valence-corrected chi connectivity index (χ0v) is 22.8. The van der Waals surface area contributed by atoms with Crippen LogP contribution in [0.25, 0.3) is 5.76 Å². The molecule has 0 radical (unpaired) electrons. The number of ketones is 1. The summed E-state index contributed by atoms with van der Waals surface area (Å²) in [5.41, 5.74) is 0.388. The molecule has 0 spiro atoms. The number of amides is 1. The lowest BCUT2D eigenvalue weighted by atomic mass is 9.95. The summed E-state index contributed by atoms with van der Waals surface area (Å²) >= 11 is 0. The number of hydrogen-bond donors (Lipinski definition) is 2. The van der Waals surface area contributed by atoms with Crippen LogP contribution in [0.2, 0.25) is 0 Å². The van der Waals surface area contributed by atoms with Crippen molar-refractivity contribution in [3.05, 3.63) is 69.3 Å². The van der Waals surface area contributed by atoms with Gasteiger partial charge in [0.25, 0.3) is 17.4 Å². The number of phenolic OH excluding ortho intramolecular Hbond substituents is 1. The normalized spacial score (nSPS) is 16.7. The molecule has 2 aromatic carbocycles. The number of nitro groups is 1. The van der Waals surface area contributed by atoms with E-state index >= 15 is 0 Å². The maximum absolute atomic E-state index is 13.3. The van der Waals surface area contributed by atoms with E-state index in [2.05, 4.69) is 18.7 Å². The van der Waals surface area contributed by atoms with E-state index in [-0.39, 0.29) is 34.9 Å². The molecule has 0 unspecified atom stereocenters. The Labute approximate surface area is 228 Å². The van der Waals surface area contributed by atoms with Crippen molar-refractivity contribution in [2.24, 2.45) is 0 Å². The zero-order chi connectivity index (χ0) is 28.5. The van der Waals surface area contributed by atoms with E-state index in [0.29, 0.717) is 12.0 Å². The van der Waals surface area contributed by atoms with E-state index in [9.17, 15) is 29.9 Å². The monoisotopic (exact) mass is 539 g/mol. The van der Waals surface area contributed by atoms with Crippen molar-refractivity contribution in [2.45, 2.75) is 52.0 Å². The molecule has 1 heterocycles. The fourth-order valence-electron chi connectivity index (χ4n) is 4.78. The largest absolute Gasteiger partial charge is 0.507 e. The molecule has 0 aliphatic carbocycles. The van der Waals surface area contributed by atoms with Crippen LogP contribution < -0.4 is 4.74 Å². The van der Waals surface area contributed by atoms with Crippen molar-refractivity contribution in [3.63, 3.8) is 0 Å². The Morgan fingerprint density at radius 3 is 2.21 bits per heavy atom. The van der Waals surface area contributed by atoms with Crippen LogP contribution in [0.1, 0.15) is 63.1 Å². The fourth-order valence-corrected chi connectivity index (χ4v) is 4.78. The van der Waals surface area contributed by atoms with E-state index in [1.807, 2.05) is 0 Å². The standard InChI is InChI=1S/C29H37N3O7/c1-4-6-15-30(16-7-5-2)17-8-18-31-26(21-11-14-23(33)24(19-21)39-3)25(28(35)29(31)36)27(34)20-9-12-22(13-10-20)32(37)38/h9-14,19,26,33-34H,4-8,15-18H2,1-3H3/t26-/m0/s1. The maximum Gasteiger partial charge on any atom is 0.295 e. The SMILES string of the molecule is CCCCN(CCCC)CCCN1C(=O)C(=O)C(=C(O)c2ccc([N+](=O)[O-])cc2)[C@@H]1c1ccc(O)c(OC)c1. The van der Waals surface area contributed by atoms with Crippen LogP contribution in [0.4, 0.5) is 5.69 Å². The molecule has 0 bridgehead atoms.